The molecule has 0 aliphatic heterocycles. The second-order valence-electron chi connectivity index (χ2n) is 4.16. The number of sulfone groups is 1. The average molecular weight is 309 g/mol. The molecule has 1 aromatic carbocycles. The summed E-state index contributed by atoms with van der Waals surface area (Å²) in [6.07, 6.45) is 5.12. The van der Waals surface area contributed by atoms with Crippen molar-refractivity contribution in [3.8, 4) is 12.3 Å². The van der Waals surface area contributed by atoms with E-state index < -0.39 is 28.3 Å². The second kappa shape index (κ2) is 6.90. The highest BCUT2D eigenvalue weighted by Crippen LogP contribution is 2.18. The molecular weight excluding hydrogens is 294 g/mol. The lowest BCUT2D eigenvalue weighted by molar-refractivity contribution is -0.137. The Bertz CT molecular complexity index is 688. The van der Waals surface area contributed by atoms with Crippen LogP contribution in [0.25, 0.3) is 0 Å². The van der Waals surface area contributed by atoms with Gasteiger partial charge in [-0.05, 0) is 12.1 Å². The number of carboxylic acids is 1. The molecule has 0 atom stereocenters. The first kappa shape index (κ1) is 16.7. The van der Waals surface area contributed by atoms with Crippen molar-refractivity contribution in [3.05, 3.63) is 29.8 Å². The van der Waals surface area contributed by atoms with Crippen LogP contribution in [0.1, 0.15) is 17.3 Å². The fraction of sp³-hybridized carbons (Fsp3) is 0.286. The SMILES string of the molecule is C#CCN(CC(=O)O)C(=O)c1ccccc1S(=O)(=O)CC. The van der Waals surface area contributed by atoms with Crippen LogP contribution in [0.5, 0.6) is 0 Å². The number of rotatable bonds is 6. The summed E-state index contributed by atoms with van der Waals surface area (Å²) in [6, 6.07) is 5.68. The lowest BCUT2D eigenvalue weighted by Gasteiger charge is -2.19. The van der Waals surface area contributed by atoms with Crippen LogP contribution in [0, 0.1) is 12.3 Å². The van der Waals surface area contributed by atoms with Crippen LogP contribution in [0.2, 0.25) is 0 Å². The van der Waals surface area contributed by atoms with Gasteiger partial charge in [-0.25, -0.2) is 8.42 Å². The highest BCUT2D eigenvalue weighted by molar-refractivity contribution is 7.91. The molecule has 0 aliphatic rings. The highest BCUT2D eigenvalue weighted by atomic mass is 32.2. The van der Waals surface area contributed by atoms with Gasteiger partial charge in [0.25, 0.3) is 5.91 Å². The van der Waals surface area contributed by atoms with Gasteiger partial charge in [0.2, 0.25) is 0 Å². The van der Waals surface area contributed by atoms with Crippen molar-refractivity contribution in [2.75, 3.05) is 18.8 Å². The molecule has 1 aromatic rings. The van der Waals surface area contributed by atoms with Gasteiger partial charge < -0.3 is 10.0 Å². The number of carbonyl (C=O) groups is 2. The van der Waals surface area contributed by atoms with E-state index in [-0.39, 0.29) is 22.8 Å². The minimum atomic E-state index is -3.60. The Morgan fingerprint density at radius 1 is 1.33 bits per heavy atom. The Hall–Kier alpha value is -2.33. The van der Waals surface area contributed by atoms with Gasteiger partial charge in [0.1, 0.15) is 6.54 Å². The first-order chi connectivity index (χ1) is 9.83. The number of amides is 1. The molecule has 21 heavy (non-hydrogen) atoms. The van der Waals surface area contributed by atoms with Crippen molar-refractivity contribution in [2.45, 2.75) is 11.8 Å². The van der Waals surface area contributed by atoms with Gasteiger partial charge in [-0.3, -0.25) is 9.59 Å². The third-order valence-electron chi connectivity index (χ3n) is 2.73. The van der Waals surface area contributed by atoms with Crippen molar-refractivity contribution in [1.82, 2.24) is 4.90 Å². The van der Waals surface area contributed by atoms with Gasteiger partial charge in [0.05, 0.1) is 22.8 Å². The number of nitrogens with zero attached hydrogens (tertiary/aromatic N) is 1. The third kappa shape index (κ3) is 4.07. The minimum Gasteiger partial charge on any atom is -0.480 e. The summed E-state index contributed by atoms with van der Waals surface area (Å²) in [5, 5.41) is 8.80. The number of carboxylic acid groups (broad SMARTS) is 1. The maximum absolute atomic E-state index is 12.4. The highest BCUT2D eigenvalue weighted by Gasteiger charge is 2.25. The summed E-state index contributed by atoms with van der Waals surface area (Å²) in [5.74, 6) is 0.0801. The maximum atomic E-state index is 12.4. The number of terminal acetylenes is 1. The summed E-state index contributed by atoms with van der Waals surface area (Å²) in [4.78, 5) is 23.9. The quantitative estimate of drug-likeness (QED) is 0.779. The first-order valence-corrected chi connectivity index (χ1v) is 7.75. The van der Waals surface area contributed by atoms with Crippen molar-refractivity contribution < 1.29 is 23.1 Å². The molecule has 0 heterocycles. The molecule has 1 rings (SSSR count). The van der Waals surface area contributed by atoms with Crippen molar-refractivity contribution in [2.24, 2.45) is 0 Å². The van der Waals surface area contributed by atoms with E-state index in [2.05, 4.69) is 5.92 Å². The van der Waals surface area contributed by atoms with E-state index in [4.69, 9.17) is 11.5 Å². The lowest BCUT2D eigenvalue weighted by Crippen LogP contribution is -2.36. The van der Waals surface area contributed by atoms with Crippen LogP contribution >= 0.6 is 0 Å². The van der Waals surface area contributed by atoms with Gasteiger partial charge in [0, 0.05) is 0 Å². The van der Waals surface area contributed by atoms with E-state index in [1.54, 1.807) is 0 Å². The summed E-state index contributed by atoms with van der Waals surface area (Å²) in [7, 11) is -3.60. The molecule has 0 fully saturated rings. The number of carbonyl (C=O) groups excluding carboxylic acids is 1. The van der Waals surface area contributed by atoms with E-state index in [0.29, 0.717) is 0 Å². The molecule has 0 aliphatic carbocycles. The van der Waals surface area contributed by atoms with Crippen LogP contribution in [0.3, 0.4) is 0 Å². The fourth-order valence-corrected chi connectivity index (χ4v) is 2.80. The Labute approximate surface area is 123 Å². The molecule has 0 radical (unpaired) electrons. The van der Waals surface area contributed by atoms with Gasteiger partial charge >= 0.3 is 5.97 Å². The van der Waals surface area contributed by atoms with E-state index in [0.717, 1.165) is 4.90 Å². The van der Waals surface area contributed by atoms with Crippen molar-refractivity contribution in [1.29, 1.82) is 0 Å². The smallest absolute Gasteiger partial charge is 0.323 e. The predicted molar refractivity (Wildman–Crippen MR) is 76.5 cm³/mol. The normalized spacial score (nSPS) is 10.7. The molecular formula is C14H15NO5S. The monoisotopic (exact) mass is 309 g/mol. The van der Waals surface area contributed by atoms with E-state index >= 15 is 0 Å². The Morgan fingerprint density at radius 2 is 1.95 bits per heavy atom. The number of hydrogen-bond acceptors (Lipinski definition) is 4. The molecule has 1 amide bonds. The molecule has 1 N–H and O–H groups in total. The minimum absolute atomic E-state index is 0.0733. The maximum Gasteiger partial charge on any atom is 0.323 e. The molecule has 0 aromatic heterocycles. The third-order valence-corrected chi connectivity index (χ3v) is 4.51. The zero-order valence-electron chi connectivity index (χ0n) is 11.4. The number of aliphatic carboxylic acids is 1. The molecule has 7 heteroatoms. The molecule has 0 unspecified atom stereocenters. The molecule has 0 saturated heterocycles. The van der Waals surface area contributed by atoms with Crippen LogP contribution in [-0.4, -0.2) is 49.1 Å². The van der Waals surface area contributed by atoms with E-state index in [1.165, 1.54) is 31.2 Å². The number of hydrogen-bond donors (Lipinski definition) is 1. The standard InChI is InChI=1S/C14H15NO5S/c1-3-9-15(10-13(16)17)14(18)11-7-5-6-8-12(11)21(19,20)4-2/h1,5-8H,4,9-10H2,2H3,(H,16,17). The molecule has 0 spiro atoms. The Balaban J connectivity index is 3.30. The molecule has 0 bridgehead atoms. The fourth-order valence-electron chi connectivity index (χ4n) is 1.71. The van der Waals surface area contributed by atoms with Crippen LogP contribution in [-0.2, 0) is 14.6 Å². The van der Waals surface area contributed by atoms with E-state index in [1.807, 2.05) is 0 Å². The van der Waals surface area contributed by atoms with Crippen molar-refractivity contribution >= 4 is 21.7 Å². The largest absolute Gasteiger partial charge is 0.480 e. The summed E-state index contributed by atoms with van der Waals surface area (Å²) >= 11 is 0. The van der Waals surface area contributed by atoms with Gasteiger partial charge in [0.15, 0.2) is 9.84 Å². The number of benzene rings is 1. The zero-order chi connectivity index (χ0) is 16.0. The second-order valence-corrected chi connectivity index (χ2v) is 6.41. The molecule has 112 valence electrons. The summed E-state index contributed by atoms with van der Waals surface area (Å²) in [6.45, 7) is 0.655. The van der Waals surface area contributed by atoms with Crippen LogP contribution in [0.15, 0.2) is 29.2 Å². The van der Waals surface area contributed by atoms with Crippen LogP contribution in [0.4, 0.5) is 0 Å². The predicted octanol–water partition coefficient (Wildman–Crippen LogP) is 0.640. The summed E-state index contributed by atoms with van der Waals surface area (Å²) < 4.78 is 24.0. The average Bonchev–Trinajstić information content (AvgIpc) is 2.45. The van der Waals surface area contributed by atoms with E-state index in [9.17, 15) is 18.0 Å². The Kier molecular flexibility index (Phi) is 5.50. The van der Waals surface area contributed by atoms with Gasteiger partial charge in [-0.1, -0.05) is 25.0 Å². The molecule has 0 saturated carbocycles. The first-order valence-electron chi connectivity index (χ1n) is 6.09. The van der Waals surface area contributed by atoms with Gasteiger partial charge in [-0.15, -0.1) is 6.42 Å². The van der Waals surface area contributed by atoms with Crippen LogP contribution < -0.4 is 0 Å². The van der Waals surface area contributed by atoms with Crippen molar-refractivity contribution in [3.63, 3.8) is 0 Å². The molecule has 6 nitrogen and oxygen atoms in total. The lowest BCUT2D eigenvalue weighted by atomic mass is 10.2. The topological polar surface area (TPSA) is 91.8 Å². The van der Waals surface area contributed by atoms with Gasteiger partial charge in [-0.2, -0.15) is 0 Å². The Morgan fingerprint density at radius 3 is 2.48 bits per heavy atom. The zero-order valence-corrected chi connectivity index (χ0v) is 12.3. The summed E-state index contributed by atoms with van der Waals surface area (Å²) in [5.41, 5.74) is -0.0733.